The smallest absolute Gasteiger partial charge is 0.240 e. The number of rotatable bonds is 2. The van der Waals surface area contributed by atoms with Crippen molar-refractivity contribution in [1.29, 1.82) is 0 Å². The van der Waals surface area contributed by atoms with Crippen LogP contribution in [-0.4, -0.2) is 23.4 Å². The molecule has 0 aliphatic carbocycles. The number of hydrogen-bond donors (Lipinski definition) is 1. The first-order valence-corrected chi connectivity index (χ1v) is 6.68. The molecule has 0 bridgehead atoms. The Morgan fingerprint density at radius 3 is 2.68 bits per heavy atom. The van der Waals surface area contributed by atoms with E-state index in [9.17, 15) is 4.79 Å². The maximum Gasteiger partial charge on any atom is 0.240 e. The quantitative estimate of drug-likeness (QED) is 0.913. The van der Waals surface area contributed by atoms with Gasteiger partial charge in [-0.1, -0.05) is 31.5 Å². The molecular weight excluding hydrogens is 283 g/mol. The van der Waals surface area contributed by atoms with E-state index < -0.39 is 6.04 Å². The topological polar surface area (TPSA) is 46.3 Å². The van der Waals surface area contributed by atoms with Gasteiger partial charge >= 0.3 is 0 Å². The van der Waals surface area contributed by atoms with Gasteiger partial charge in [-0.25, -0.2) is 0 Å². The molecule has 0 aromatic heterocycles. The van der Waals surface area contributed by atoms with Crippen LogP contribution >= 0.6 is 24.0 Å². The van der Waals surface area contributed by atoms with E-state index in [4.69, 9.17) is 17.3 Å². The molecule has 0 spiro atoms. The van der Waals surface area contributed by atoms with Gasteiger partial charge in [-0.05, 0) is 35.6 Å². The lowest BCUT2D eigenvalue weighted by atomic mass is 9.97. The highest BCUT2D eigenvalue weighted by Crippen LogP contribution is 2.23. The summed E-state index contributed by atoms with van der Waals surface area (Å²) in [5.74, 6) is 0.203. The minimum atomic E-state index is -0.411. The summed E-state index contributed by atoms with van der Waals surface area (Å²) in [7, 11) is 0. The summed E-state index contributed by atoms with van der Waals surface area (Å²) in [5.41, 5.74) is 8.34. The SMILES string of the molecule is CC(C)[C@H](N)C(=O)N1CCc2ccc(Cl)cc2C1.Cl. The van der Waals surface area contributed by atoms with Crippen LogP contribution in [0, 0.1) is 5.92 Å². The molecule has 2 rings (SSSR count). The summed E-state index contributed by atoms with van der Waals surface area (Å²) in [6.07, 6.45) is 0.878. The molecule has 0 unspecified atom stereocenters. The number of hydrogen-bond acceptors (Lipinski definition) is 2. The lowest BCUT2D eigenvalue weighted by Crippen LogP contribution is -2.48. The molecule has 106 valence electrons. The lowest BCUT2D eigenvalue weighted by Gasteiger charge is -2.31. The number of nitrogens with zero attached hydrogens (tertiary/aromatic N) is 1. The van der Waals surface area contributed by atoms with Gasteiger partial charge in [0, 0.05) is 18.1 Å². The third-order valence-electron chi connectivity index (χ3n) is 3.50. The van der Waals surface area contributed by atoms with Crippen molar-refractivity contribution < 1.29 is 4.79 Å². The molecule has 0 saturated heterocycles. The molecule has 1 atom stereocenters. The Kier molecular flexibility index (Phi) is 5.65. The van der Waals surface area contributed by atoms with Gasteiger partial charge in [0.05, 0.1) is 6.04 Å². The van der Waals surface area contributed by atoms with E-state index in [0.717, 1.165) is 23.6 Å². The molecule has 2 N–H and O–H groups in total. The third-order valence-corrected chi connectivity index (χ3v) is 3.73. The van der Waals surface area contributed by atoms with E-state index in [1.165, 1.54) is 5.56 Å². The van der Waals surface area contributed by atoms with Gasteiger partial charge in [0.15, 0.2) is 0 Å². The van der Waals surface area contributed by atoms with E-state index >= 15 is 0 Å². The molecule has 0 fully saturated rings. The Morgan fingerprint density at radius 1 is 1.37 bits per heavy atom. The molecule has 3 nitrogen and oxygen atoms in total. The van der Waals surface area contributed by atoms with Crippen molar-refractivity contribution in [2.24, 2.45) is 11.7 Å². The number of amides is 1. The second kappa shape index (κ2) is 6.60. The Balaban J connectivity index is 0.00000180. The average molecular weight is 303 g/mol. The maximum atomic E-state index is 12.2. The van der Waals surface area contributed by atoms with Gasteiger partial charge in [0.1, 0.15) is 0 Å². The van der Waals surface area contributed by atoms with Crippen molar-refractivity contribution in [2.45, 2.75) is 32.9 Å². The summed E-state index contributed by atoms with van der Waals surface area (Å²) >= 11 is 5.99. The summed E-state index contributed by atoms with van der Waals surface area (Å²) in [4.78, 5) is 14.0. The van der Waals surface area contributed by atoms with Crippen molar-refractivity contribution >= 4 is 29.9 Å². The fourth-order valence-corrected chi connectivity index (χ4v) is 2.40. The standard InChI is InChI=1S/C14H19ClN2O.ClH/c1-9(2)13(16)14(18)17-6-5-10-3-4-12(15)7-11(10)8-17;/h3-4,7,9,13H,5-6,8,16H2,1-2H3;1H/t13-;/m0./s1. The molecule has 0 saturated carbocycles. The molecule has 1 aliphatic rings. The van der Waals surface area contributed by atoms with Crippen LogP contribution in [0.3, 0.4) is 0 Å². The predicted octanol–water partition coefficient (Wildman–Crippen LogP) is 2.63. The number of carbonyl (C=O) groups is 1. The highest BCUT2D eigenvalue weighted by Gasteiger charge is 2.26. The Bertz CT molecular complexity index is 463. The van der Waals surface area contributed by atoms with E-state index in [-0.39, 0.29) is 24.2 Å². The van der Waals surface area contributed by atoms with Crippen LogP contribution in [0.15, 0.2) is 18.2 Å². The lowest BCUT2D eigenvalue weighted by molar-refractivity contribution is -0.134. The second-order valence-corrected chi connectivity index (χ2v) is 5.63. The average Bonchev–Trinajstić information content (AvgIpc) is 2.35. The minimum Gasteiger partial charge on any atom is -0.337 e. The predicted molar refractivity (Wildman–Crippen MR) is 80.6 cm³/mol. The molecular formula is C14H20Cl2N2O. The number of halogens is 2. The Labute approximate surface area is 125 Å². The molecule has 19 heavy (non-hydrogen) atoms. The summed E-state index contributed by atoms with van der Waals surface area (Å²) < 4.78 is 0. The van der Waals surface area contributed by atoms with Gasteiger partial charge in [-0.3, -0.25) is 4.79 Å². The summed E-state index contributed by atoms with van der Waals surface area (Å²) in [5, 5.41) is 0.719. The van der Waals surface area contributed by atoms with Crippen LogP contribution in [0.2, 0.25) is 5.02 Å². The molecule has 5 heteroatoms. The highest BCUT2D eigenvalue weighted by molar-refractivity contribution is 6.30. The van der Waals surface area contributed by atoms with Gasteiger partial charge < -0.3 is 10.6 Å². The largest absolute Gasteiger partial charge is 0.337 e. The zero-order valence-corrected chi connectivity index (χ0v) is 12.8. The Hall–Kier alpha value is -0.770. The normalized spacial score (nSPS) is 15.7. The van der Waals surface area contributed by atoms with Crippen molar-refractivity contribution in [3.63, 3.8) is 0 Å². The van der Waals surface area contributed by atoms with Crippen molar-refractivity contribution in [1.82, 2.24) is 4.90 Å². The Morgan fingerprint density at radius 2 is 2.05 bits per heavy atom. The van der Waals surface area contributed by atoms with Crippen molar-refractivity contribution in [2.75, 3.05) is 6.54 Å². The first-order chi connectivity index (χ1) is 8.49. The highest BCUT2D eigenvalue weighted by atomic mass is 35.5. The molecule has 1 heterocycles. The number of fused-ring (bicyclic) bond motifs is 1. The van der Waals surface area contributed by atoms with E-state index in [1.807, 2.05) is 36.9 Å². The summed E-state index contributed by atoms with van der Waals surface area (Å²) in [6.45, 7) is 5.30. The second-order valence-electron chi connectivity index (χ2n) is 5.19. The fourth-order valence-electron chi connectivity index (χ4n) is 2.21. The van der Waals surface area contributed by atoms with Crippen LogP contribution in [-0.2, 0) is 17.8 Å². The molecule has 1 aromatic carbocycles. The van der Waals surface area contributed by atoms with Crippen molar-refractivity contribution in [3.05, 3.63) is 34.3 Å². The zero-order chi connectivity index (χ0) is 13.3. The van der Waals surface area contributed by atoms with Crippen LogP contribution in [0.4, 0.5) is 0 Å². The maximum absolute atomic E-state index is 12.2. The van der Waals surface area contributed by atoms with Crippen molar-refractivity contribution in [3.8, 4) is 0 Å². The van der Waals surface area contributed by atoms with E-state index in [2.05, 4.69) is 0 Å². The van der Waals surface area contributed by atoms with Gasteiger partial charge in [0.2, 0.25) is 5.91 Å². The third kappa shape index (κ3) is 3.62. The van der Waals surface area contributed by atoms with Crippen LogP contribution in [0.1, 0.15) is 25.0 Å². The zero-order valence-electron chi connectivity index (χ0n) is 11.2. The molecule has 1 aliphatic heterocycles. The van der Waals surface area contributed by atoms with E-state index in [0.29, 0.717) is 6.54 Å². The fraction of sp³-hybridized carbons (Fsp3) is 0.500. The molecule has 1 amide bonds. The van der Waals surface area contributed by atoms with E-state index in [1.54, 1.807) is 0 Å². The summed E-state index contributed by atoms with van der Waals surface area (Å²) in [6, 6.07) is 5.47. The number of carbonyl (C=O) groups excluding carboxylic acids is 1. The van der Waals surface area contributed by atoms with Gasteiger partial charge in [-0.15, -0.1) is 12.4 Å². The molecule has 0 radical (unpaired) electrons. The number of benzene rings is 1. The monoisotopic (exact) mass is 302 g/mol. The number of nitrogens with two attached hydrogens (primary N) is 1. The molecule has 1 aromatic rings. The van der Waals surface area contributed by atoms with Gasteiger partial charge in [0.25, 0.3) is 0 Å². The van der Waals surface area contributed by atoms with Crippen LogP contribution in [0.5, 0.6) is 0 Å². The van der Waals surface area contributed by atoms with Crippen LogP contribution in [0.25, 0.3) is 0 Å². The first-order valence-electron chi connectivity index (χ1n) is 6.30. The first kappa shape index (κ1) is 16.3. The minimum absolute atomic E-state index is 0. The van der Waals surface area contributed by atoms with Gasteiger partial charge in [-0.2, -0.15) is 0 Å². The van der Waals surface area contributed by atoms with Crippen LogP contribution < -0.4 is 5.73 Å².